The smallest absolute Gasteiger partial charge is 0.293 e. The van der Waals surface area contributed by atoms with Crippen molar-refractivity contribution in [2.45, 2.75) is 13.0 Å². The Morgan fingerprint density at radius 1 is 1.04 bits per heavy atom. The summed E-state index contributed by atoms with van der Waals surface area (Å²) in [6.45, 7) is 1.90. The van der Waals surface area contributed by atoms with E-state index in [1.165, 1.54) is 24.3 Å². The second kappa shape index (κ2) is 5.68. The van der Waals surface area contributed by atoms with Gasteiger partial charge in [-0.15, -0.1) is 0 Å². The molecule has 1 aliphatic heterocycles. The van der Waals surface area contributed by atoms with Crippen molar-refractivity contribution in [3.8, 4) is 0 Å². The zero-order chi connectivity index (χ0) is 16.6. The monoisotopic (exact) mass is 311 g/mol. The highest BCUT2D eigenvalue weighted by molar-refractivity contribution is 6.46. The normalized spacial score (nSPS) is 19.7. The Kier molecular flexibility index (Phi) is 3.70. The molecule has 1 saturated heterocycles. The molecule has 0 aromatic heterocycles. The number of aryl methyl sites for hydroxylation is 1. The molecular formula is C18H14FNO3. The first-order valence-electron chi connectivity index (χ1n) is 7.08. The van der Waals surface area contributed by atoms with Gasteiger partial charge in [-0.25, -0.2) is 4.39 Å². The van der Waals surface area contributed by atoms with E-state index in [4.69, 9.17) is 0 Å². The van der Waals surface area contributed by atoms with E-state index in [9.17, 15) is 19.1 Å². The fourth-order valence-corrected chi connectivity index (χ4v) is 2.54. The van der Waals surface area contributed by atoms with Gasteiger partial charge in [0.25, 0.3) is 11.7 Å². The van der Waals surface area contributed by atoms with E-state index in [1.807, 2.05) is 6.92 Å². The average molecular weight is 311 g/mol. The minimum atomic E-state index is -0.795. The first-order valence-corrected chi connectivity index (χ1v) is 7.08. The summed E-state index contributed by atoms with van der Waals surface area (Å²) < 4.78 is 13.1. The van der Waals surface area contributed by atoms with Gasteiger partial charge in [-0.05, 0) is 24.6 Å². The number of nitrogens with one attached hydrogen (secondary N) is 1. The molecule has 1 aliphatic rings. The van der Waals surface area contributed by atoms with E-state index in [0.717, 1.165) is 5.56 Å². The number of ketones is 1. The van der Waals surface area contributed by atoms with Crippen molar-refractivity contribution in [3.05, 3.63) is 76.6 Å². The average Bonchev–Trinajstić information content (AvgIpc) is 2.84. The predicted octanol–water partition coefficient (Wildman–Crippen LogP) is 2.84. The van der Waals surface area contributed by atoms with Crippen molar-refractivity contribution >= 4 is 17.4 Å². The number of halogens is 1. The Bertz CT molecular complexity index is 807. The van der Waals surface area contributed by atoms with Crippen LogP contribution < -0.4 is 5.32 Å². The van der Waals surface area contributed by atoms with E-state index in [1.54, 1.807) is 24.3 Å². The van der Waals surface area contributed by atoms with Crippen LogP contribution in [0.15, 0.2) is 54.1 Å². The number of benzene rings is 2. The fraction of sp³-hybridized carbons (Fsp3) is 0.111. The largest absolute Gasteiger partial charge is 0.507 e. The van der Waals surface area contributed by atoms with Crippen LogP contribution in [0.2, 0.25) is 0 Å². The van der Waals surface area contributed by atoms with E-state index in [2.05, 4.69) is 5.32 Å². The van der Waals surface area contributed by atoms with Gasteiger partial charge in [0.05, 0.1) is 11.6 Å². The maximum Gasteiger partial charge on any atom is 0.293 e. The molecule has 5 heteroatoms. The molecule has 0 unspecified atom stereocenters. The standard InChI is InChI=1S/C18H14FNO3/c1-10-2-4-12(5-3-10)16(21)14-15(20-18(23)17(14)22)11-6-8-13(19)9-7-11/h2-9,15,21H,1H3,(H,20,23)/t15-/m0/s1. The van der Waals surface area contributed by atoms with Crippen molar-refractivity contribution in [1.29, 1.82) is 0 Å². The molecule has 1 heterocycles. The van der Waals surface area contributed by atoms with Gasteiger partial charge in [0.15, 0.2) is 0 Å². The fourth-order valence-electron chi connectivity index (χ4n) is 2.54. The highest BCUT2D eigenvalue weighted by Gasteiger charge is 2.39. The molecule has 2 N–H and O–H groups in total. The van der Waals surface area contributed by atoms with E-state index in [0.29, 0.717) is 11.1 Å². The molecule has 0 bridgehead atoms. The first-order chi connectivity index (χ1) is 11.0. The Balaban J connectivity index is 2.10. The van der Waals surface area contributed by atoms with Gasteiger partial charge >= 0.3 is 0 Å². The summed E-state index contributed by atoms with van der Waals surface area (Å²) in [7, 11) is 0. The van der Waals surface area contributed by atoms with E-state index >= 15 is 0 Å². The first kappa shape index (κ1) is 15.0. The Morgan fingerprint density at radius 3 is 2.26 bits per heavy atom. The predicted molar refractivity (Wildman–Crippen MR) is 83.0 cm³/mol. The van der Waals surface area contributed by atoms with Gasteiger partial charge in [-0.3, -0.25) is 9.59 Å². The third-order valence-corrected chi connectivity index (χ3v) is 3.80. The highest BCUT2D eigenvalue weighted by Crippen LogP contribution is 2.32. The van der Waals surface area contributed by atoms with Crippen LogP contribution in [-0.2, 0) is 9.59 Å². The molecule has 0 radical (unpaired) electrons. The Morgan fingerprint density at radius 2 is 1.65 bits per heavy atom. The van der Waals surface area contributed by atoms with Crippen molar-refractivity contribution in [2.75, 3.05) is 0 Å². The SMILES string of the molecule is Cc1ccc(C(O)=C2C(=O)C(=O)N[C@H]2c2ccc(F)cc2)cc1. The van der Waals surface area contributed by atoms with Gasteiger partial charge in [0.1, 0.15) is 11.6 Å². The van der Waals surface area contributed by atoms with Crippen LogP contribution in [0.1, 0.15) is 22.7 Å². The van der Waals surface area contributed by atoms with E-state index < -0.39 is 23.5 Å². The summed E-state index contributed by atoms with van der Waals surface area (Å²) in [5, 5.41) is 13.0. The van der Waals surface area contributed by atoms with Crippen molar-refractivity contribution in [3.63, 3.8) is 0 Å². The lowest BCUT2D eigenvalue weighted by Crippen LogP contribution is -2.21. The molecular weight excluding hydrogens is 297 g/mol. The molecule has 0 spiro atoms. The number of carbonyl (C=O) groups excluding carboxylic acids is 2. The summed E-state index contributed by atoms with van der Waals surface area (Å²) >= 11 is 0. The number of Topliss-reactive ketones (excluding diaryl/α,β-unsaturated/α-hetero) is 1. The number of hydrogen-bond acceptors (Lipinski definition) is 3. The summed E-state index contributed by atoms with van der Waals surface area (Å²) in [5.74, 6) is -2.23. The summed E-state index contributed by atoms with van der Waals surface area (Å²) in [4.78, 5) is 23.9. The zero-order valence-corrected chi connectivity index (χ0v) is 12.3. The van der Waals surface area contributed by atoms with Gasteiger partial charge < -0.3 is 10.4 Å². The minimum absolute atomic E-state index is 0.0227. The van der Waals surface area contributed by atoms with Crippen LogP contribution in [0.4, 0.5) is 4.39 Å². The Labute approximate surface area is 132 Å². The molecule has 1 atom stereocenters. The molecule has 1 amide bonds. The van der Waals surface area contributed by atoms with Crippen LogP contribution in [0.25, 0.3) is 5.76 Å². The van der Waals surface area contributed by atoms with Gasteiger partial charge in [0, 0.05) is 5.56 Å². The lowest BCUT2D eigenvalue weighted by atomic mass is 9.95. The number of carbonyl (C=O) groups is 2. The second-order valence-corrected chi connectivity index (χ2v) is 5.42. The molecule has 3 rings (SSSR count). The number of aliphatic hydroxyl groups excluding tert-OH is 1. The number of hydrogen-bond donors (Lipinski definition) is 2. The van der Waals surface area contributed by atoms with Crippen LogP contribution >= 0.6 is 0 Å². The third-order valence-electron chi connectivity index (χ3n) is 3.80. The van der Waals surface area contributed by atoms with Crippen molar-refractivity contribution in [1.82, 2.24) is 5.32 Å². The van der Waals surface area contributed by atoms with Gasteiger partial charge in [-0.2, -0.15) is 0 Å². The van der Waals surface area contributed by atoms with Crippen molar-refractivity contribution < 1.29 is 19.1 Å². The molecule has 23 heavy (non-hydrogen) atoms. The van der Waals surface area contributed by atoms with E-state index in [-0.39, 0.29) is 11.3 Å². The number of aliphatic hydroxyl groups is 1. The molecule has 2 aromatic rings. The molecule has 116 valence electrons. The van der Waals surface area contributed by atoms with Crippen molar-refractivity contribution in [2.24, 2.45) is 0 Å². The molecule has 0 saturated carbocycles. The third kappa shape index (κ3) is 2.73. The summed E-state index contributed by atoms with van der Waals surface area (Å²) in [6, 6.07) is 11.6. The lowest BCUT2D eigenvalue weighted by Gasteiger charge is -2.13. The van der Waals surface area contributed by atoms with Crippen LogP contribution in [0.3, 0.4) is 0 Å². The second-order valence-electron chi connectivity index (χ2n) is 5.42. The maximum atomic E-state index is 13.1. The lowest BCUT2D eigenvalue weighted by molar-refractivity contribution is -0.133. The zero-order valence-electron chi connectivity index (χ0n) is 12.3. The highest BCUT2D eigenvalue weighted by atomic mass is 19.1. The summed E-state index contributed by atoms with van der Waals surface area (Å²) in [5.41, 5.74) is 1.96. The molecule has 2 aromatic carbocycles. The maximum absolute atomic E-state index is 13.1. The topological polar surface area (TPSA) is 66.4 Å². The van der Waals surface area contributed by atoms with Crippen LogP contribution in [-0.4, -0.2) is 16.8 Å². The minimum Gasteiger partial charge on any atom is -0.507 e. The molecule has 4 nitrogen and oxygen atoms in total. The van der Waals surface area contributed by atoms with Crippen LogP contribution in [0.5, 0.6) is 0 Å². The summed E-state index contributed by atoms with van der Waals surface area (Å²) in [6.07, 6.45) is 0. The molecule has 1 fully saturated rings. The number of amides is 1. The van der Waals surface area contributed by atoms with Gasteiger partial charge in [-0.1, -0.05) is 42.0 Å². The quantitative estimate of drug-likeness (QED) is 0.509. The van der Waals surface area contributed by atoms with Gasteiger partial charge in [0.2, 0.25) is 0 Å². The number of rotatable bonds is 2. The molecule has 0 aliphatic carbocycles. The Hall–Kier alpha value is -2.95. The van der Waals surface area contributed by atoms with Crippen LogP contribution in [0, 0.1) is 12.7 Å².